The average molecular weight is 214 g/mol. The first-order chi connectivity index (χ1) is 7.66. The first-order valence-electron chi connectivity index (χ1n) is 5.02. The number of hydrogen-bond acceptors (Lipinski definition) is 4. The summed E-state index contributed by atoms with van der Waals surface area (Å²) in [7, 11) is 4.02. The van der Waals surface area contributed by atoms with Crippen molar-refractivity contribution in [1.82, 2.24) is 9.97 Å². The summed E-state index contributed by atoms with van der Waals surface area (Å²) in [5.41, 5.74) is 8.52. The van der Waals surface area contributed by atoms with Gasteiger partial charge in [-0.1, -0.05) is 12.1 Å². The molecule has 2 rings (SSSR count). The molecule has 2 aromatic rings. The van der Waals surface area contributed by atoms with Gasteiger partial charge in [0, 0.05) is 25.3 Å². The number of nitrogens with two attached hydrogens (primary N) is 1. The molecule has 0 spiro atoms. The lowest BCUT2D eigenvalue weighted by atomic mass is 10.1. The molecule has 0 saturated carbocycles. The van der Waals surface area contributed by atoms with Crippen molar-refractivity contribution in [1.29, 1.82) is 0 Å². The van der Waals surface area contributed by atoms with Gasteiger partial charge < -0.3 is 10.6 Å². The van der Waals surface area contributed by atoms with Gasteiger partial charge in [-0.2, -0.15) is 0 Å². The van der Waals surface area contributed by atoms with Crippen molar-refractivity contribution >= 4 is 11.5 Å². The van der Waals surface area contributed by atoms with Crippen LogP contribution in [0, 0.1) is 0 Å². The molecule has 0 saturated heterocycles. The highest BCUT2D eigenvalue weighted by Gasteiger charge is 2.00. The predicted molar refractivity (Wildman–Crippen MR) is 66.2 cm³/mol. The molecule has 0 atom stereocenters. The quantitative estimate of drug-likeness (QED) is 0.828. The zero-order chi connectivity index (χ0) is 11.5. The van der Waals surface area contributed by atoms with Crippen molar-refractivity contribution in [3.05, 3.63) is 36.7 Å². The van der Waals surface area contributed by atoms with E-state index in [1.165, 1.54) is 0 Å². The van der Waals surface area contributed by atoms with E-state index in [1.54, 1.807) is 12.4 Å². The Morgan fingerprint density at radius 2 is 1.69 bits per heavy atom. The Kier molecular flexibility index (Phi) is 2.72. The summed E-state index contributed by atoms with van der Waals surface area (Å²) >= 11 is 0. The van der Waals surface area contributed by atoms with Crippen LogP contribution in [0.15, 0.2) is 36.7 Å². The molecular weight excluding hydrogens is 200 g/mol. The molecule has 0 unspecified atom stereocenters. The van der Waals surface area contributed by atoms with Crippen LogP contribution < -0.4 is 10.6 Å². The standard InChI is InChI=1S/C12H14N4/c1-16(2)10-5-3-9(4-6-10)11-7-15-12(13)8-14-11/h3-8H,1-2H3,(H2,13,15). The van der Waals surface area contributed by atoms with Crippen molar-refractivity contribution in [3.63, 3.8) is 0 Å². The summed E-state index contributed by atoms with van der Waals surface area (Å²) in [6.07, 6.45) is 3.25. The van der Waals surface area contributed by atoms with Gasteiger partial charge in [-0.05, 0) is 12.1 Å². The lowest BCUT2D eigenvalue weighted by molar-refractivity contribution is 1.13. The van der Waals surface area contributed by atoms with Gasteiger partial charge in [0.05, 0.1) is 18.1 Å². The first kappa shape index (κ1) is 10.4. The fourth-order valence-corrected chi connectivity index (χ4v) is 1.42. The maximum atomic E-state index is 5.49. The highest BCUT2D eigenvalue weighted by molar-refractivity contribution is 5.62. The Balaban J connectivity index is 2.31. The maximum absolute atomic E-state index is 5.49. The van der Waals surface area contributed by atoms with Crippen LogP contribution in [0.3, 0.4) is 0 Å². The summed E-state index contributed by atoms with van der Waals surface area (Å²) in [4.78, 5) is 10.3. The molecular formula is C12H14N4. The second kappa shape index (κ2) is 4.18. The number of nitrogens with zero attached hydrogens (tertiary/aromatic N) is 3. The minimum atomic E-state index is 0.439. The van der Waals surface area contributed by atoms with Crippen LogP contribution in [0.2, 0.25) is 0 Å². The molecule has 0 amide bonds. The van der Waals surface area contributed by atoms with Crippen LogP contribution in [0.25, 0.3) is 11.3 Å². The van der Waals surface area contributed by atoms with Crippen molar-refractivity contribution in [2.24, 2.45) is 0 Å². The van der Waals surface area contributed by atoms with Crippen LogP contribution >= 0.6 is 0 Å². The lowest BCUT2D eigenvalue weighted by Crippen LogP contribution is -2.07. The SMILES string of the molecule is CN(C)c1ccc(-c2cnc(N)cn2)cc1. The molecule has 2 N–H and O–H groups in total. The van der Waals surface area contributed by atoms with Crippen LogP contribution in [0.1, 0.15) is 0 Å². The highest BCUT2D eigenvalue weighted by atomic mass is 15.1. The number of anilines is 2. The van der Waals surface area contributed by atoms with Gasteiger partial charge in [-0.15, -0.1) is 0 Å². The normalized spacial score (nSPS) is 10.1. The molecule has 16 heavy (non-hydrogen) atoms. The van der Waals surface area contributed by atoms with E-state index >= 15 is 0 Å². The first-order valence-corrected chi connectivity index (χ1v) is 5.02. The van der Waals surface area contributed by atoms with Gasteiger partial charge in [-0.3, -0.25) is 4.98 Å². The molecule has 0 bridgehead atoms. The van der Waals surface area contributed by atoms with Gasteiger partial charge in [0.15, 0.2) is 0 Å². The zero-order valence-corrected chi connectivity index (χ0v) is 9.38. The molecule has 0 fully saturated rings. The van der Waals surface area contributed by atoms with E-state index in [1.807, 2.05) is 38.4 Å². The Morgan fingerprint density at radius 1 is 1.00 bits per heavy atom. The van der Waals surface area contributed by atoms with E-state index in [9.17, 15) is 0 Å². The van der Waals surface area contributed by atoms with Crippen molar-refractivity contribution in [2.45, 2.75) is 0 Å². The average Bonchev–Trinajstić information content (AvgIpc) is 2.30. The fourth-order valence-electron chi connectivity index (χ4n) is 1.42. The summed E-state index contributed by atoms with van der Waals surface area (Å²) in [5.74, 6) is 0.439. The summed E-state index contributed by atoms with van der Waals surface area (Å²) in [6, 6.07) is 8.14. The molecule has 1 heterocycles. The number of rotatable bonds is 2. The molecule has 0 radical (unpaired) electrons. The van der Waals surface area contributed by atoms with E-state index in [2.05, 4.69) is 14.9 Å². The molecule has 4 nitrogen and oxygen atoms in total. The highest BCUT2D eigenvalue weighted by Crippen LogP contribution is 2.20. The van der Waals surface area contributed by atoms with E-state index in [4.69, 9.17) is 5.73 Å². The van der Waals surface area contributed by atoms with Crippen LogP contribution in [0.4, 0.5) is 11.5 Å². The topological polar surface area (TPSA) is 55.0 Å². The number of nitrogen functional groups attached to an aromatic ring is 1. The Bertz CT molecular complexity index is 459. The molecule has 0 aliphatic heterocycles. The maximum Gasteiger partial charge on any atom is 0.141 e. The second-order valence-corrected chi connectivity index (χ2v) is 3.77. The van der Waals surface area contributed by atoms with Crippen molar-refractivity contribution in [2.75, 3.05) is 24.7 Å². The molecule has 82 valence electrons. The van der Waals surface area contributed by atoms with E-state index in [-0.39, 0.29) is 0 Å². The zero-order valence-electron chi connectivity index (χ0n) is 9.38. The molecule has 1 aromatic carbocycles. The van der Waals surface area contributed by atoms with Crippen molar-refractivity contribution < 1.29 is 0 Å². The minimum Gasteiger partial charge on any atom is -0.382 e. The smallest absolute Gasteiger partial charge is 0.141 e. The van der Waals surface area contributed by atoms with Gasteiger partial charge in [0.2, 0.25) is 0 Å². The summed E-state index contributed by atoms with van der Waals surface area (Å²) in [6.45, 7) is 0. The monoisotopic (exact) mass is 214 g/mol. The van der Waals surface area contributed by atoms with E-state index in [0.717, 1.165) is 16.9 Å². The predicted octanol–water partition coefficient (Wildman–Crippen LogP) is 1.79. The number of benzene rings is 1. The summed E-state index contributed by atoms with van der Waals surface area (Å²) in [5, 5.41) is 0. The van der Waals surface area contributed by atoms with Gasteiger partial charge >= 0.3 is 0 Å². The largest absolute Gasteiger partial charge is 0.382 e. The van der Waals surface area contributed by atoms with Gasteiger partial charge in [0.25, 0.3) is 0 Å². The van der Waals surface area contributed by atoms with E-state index < -0.39 is 0 Å². The lowest BCUT2D eigenvalue weighted by Gasteiger charge is -2.12. The van der Waals surface area contributed by atoms with E-state index in [0.29, 0.717) is 5.82 Å². The fraction of sp³-hybridized carbons (Fsp3) is 0.167. The summed E-state index contributed by atoms with van der Waals surface area (Å²) < 4.78 is 0. The third-order valence-electron chi connectivity index (χ3n) is 2.35. The second-order valence-electron chi connectivity index (χ2n) is 3.77. The molecule has 0 aliphatic carbocycles. The third kappa shape index (κ3) is 2.11. The number of hydrogen-bond donors (Lipinski definition) is 1. The van der Waals surface area contributed by atoms with Crippen LogP contribution in [-0.2, 0) is 0 Å². The number of aromatic nitrogens is 2. The van der Waals surface area contributed by atoms with Gasteiger partial charge in [0.1, 0.15) is 5.82 Å². The Labute approximate surface area is 94.8 Å². The molecule has 4 heteroatoms. The van der Waals surface area contributed by atoms with Crippen molar-refractivity contribution in [3.8, 4) is 11.3 Å². The van der Waals surface area contributed by atoms with Crippen LogP contribution in [-0.4, -0.2) is 24.1 Å². The Hall–Kier alpha value is -2.10. The van der Waals surface area contributed by atoms with Gasteiger partial charge in [-0.25, -0.2) is 4.98 Å². The molecule has 1 aromatic heterocycles. The minimum absolute atomic E-state index is 0.439. The Morgan fingerprint density at radius 3 is 2.19 bits per heavy atom. The third-order valence-corrected chi connectivity index (χ3v) is 2.35. The van der Waals surface area contributed by atoms with Crippen LogP contribution in [0.5, 0.6) is 0 Å². The molecule has 0 aliphatic rings.